The molecule has 8 heteroatoms. The van der Waals surface area contributed by atoms with Crippen molar-refractivity contribution >= 4 is 39.4 Å². The van der Waals surface area contributed by atoms with Gasteiger partial charge in [-0.2, -0.15) is 4.31 Å². The second-order valence-corrected chi connectivity index (χ2v) is 8.21. The number of carbonyl (C=O) groups is 1. The van der Waals surface area contributed by atoms with E-state index in [4.69, 9.17) is 11.6 Å². The fraction of sp³-hybridized carbons (Fsp3) is 0.462. The molecule has 0 radical (unpaired) electrons. The number of hydrogen-bond donors (Lipinski definition) is 1. The molecule has 1 aliphatic heterocycles. The van der Waals surface area contributed by atoms with Crippen LogP contribution in [0.3, 0.4) is 0 Å². The molecule has 2 rings (SSSR count). The van der Waals surface area contributed by atoms with E-state index in [2.05, 4.69) is 0 Å². The quantitative estimate of drug-likeness (QED) is 0.884. The molecule has 1 saturated heterocycles. The first-order valence-corrected chi connectivity index (χ1v) is 9.38. The van der Waals surface area contributed by atoms with Crippen LogP contribution >= 0.6 is 23.4 Å². The molecule has 21 heavy (non-hydrogen) atoms. The summed E-state index contributed by atoms with van der Waals surface area (Å²) in [6.07, 6.45) is 1.40. The van der Waals surface area contributed by atoms with Gasteiger partial charge in [0.2, 0.25) is 10.0 Å². The van der Waals surface area contributed by atoms with Gasteiger partial charge in [-0.05, 0) is 24.6 Å². The minimum absolute atomic E-state index is 0.0323. The van der Waals surface area contributed by atoms with Gasteiger partial charge >= 0.3 is 5.97 Å². The van der Waals surface area contributed by atoms with Crippen LogP contribution in [0.25, 0.3) is 0 Å². The van der Waals surface area contributed by atoms with E-state index in [0.717, 1.165) is 10.7 Å². The molecule has 0 amide bonds. The van der Waals surface area contributed by atoms with Crippen LogP contribution in [0.4, 0.5) is 0 Å². The Hall–Kier alpha value is -0.760. The number of sulfonamides is 1. The molecule has 116 valence electrons. The zero-order valence-electron chi connectivity index (χ0n) is 11.4. The van der Waals surface area contributed by atoms with Gasteiger partial charge in [0.15, 0.2) is 0 Å². The first-order chi connectivity index (χ1) is 9.87. The lowest BCUT2D eigenvalue weighted by atomic mass is 10.3. The van der Waals surface area contributed by atoms with Gasteiger partial charge in [0.25, 0.3) is 0 Å². The molecule has 2 atom stereocenters. The summed E-state index contributed by atoms with van der Waals surface area (Å²) in [7, 11) is -3.88. The smallest absolute Gasteiger partial charge is 0.322 e. The molecule has 1 fully saturated rings. The number of benzene rings is 1. The first-order valence-electron chi connectivity index (χ1n) is 6.51. The molecular formula is C13H16ClNO4S2. The molecule has 1 aliphatic rings. The third-order valence-electron chi connectivity index (χ3n) is 3.23. The van der Waals surface area contributed by atoms with Gasteiger partial charge in [-0.25, -0.2) is 8.42 Å². The number of halogens is 1. The number of rotatable bonds is 5. The van der Waals surface area contributed by atoms with Crippen molar-refractivity contribution in [2.24, 2.45) is 0 Å². The van der Waals surface area contributed by atoms with E-state index in [9.17, 15) is 18.3 Å². The molecule has 0 saturated carbocycles. The Bertz CT molecular complexity index is 635. The average Bonchev–Trinajstić information content (AvgIpc) is 2.84. The Labute approximate surface area is 133 Å². The molecule has 0 aliphatic carbocycles. The molecular weight excluding hydrogens is 334 g/mol. The lowest BCUT2D eigenvalue weighted by Gasteiger charge is -2.26. The maximum Gasteiger partial charge on any atom is 0.322 e. The van der Waals surface area contributed by atoms with Crippen LogP contribution in [0.15, 0.2) is 29.2 Å². The fourth-order valence-corrected chi connectivity index (χ4v) is 6.22. The van der Waals surface area contributed by atoms with Crippen molar-refractivity contribution in [2.45, 2.75) is 36.1 Å². The van der Waals surface area contributed by atoms with E-state index in [-0.39, 0.29) is 16.0 Å². The van der Waals surface area contributed by atoms with Gasteiger partial charge < -0.3 is 5.11 Å². The molecule has 1 heterocycles. The van der Waals surface area contributed by atoms with Crippen LogP contribution < -0.4 is 0 Å². The van der Waals surface area contributed by atoms with E-state index in [1.165, 1.54) is 23.9 Å². The summed E-state index contributed by atoms with van der Waals surface area (Å²) in [4.78, 5) is 11.4. The summed E-state index contributed by atoms with van der Waals surface area (Å²) in [5.41, 5.74) is 0. The van der Waals surface area contributed by atoms with Crippen molar-refractivity contribution in [1.29, 1.82) is 0 Å². The minimum Gasteiger partial charge on any atom is -0.480 e. The van der Waals surface area contributed by atoms with E-state index in [1.807, 2.05) is 6.92 Å². The number of thioether (sulfide) groups is 1. The largest absolute Gasteiger partial charge is 0.480 e. The van der Waals surface area contributed by atoms with Crippen LogP contribution in [0, 0.1) is 0 Å². The molecule has 0 spiro atoms. The normalized spacial score (nSPS) is 23.3. The second-order valence-electron chi connectivity index (χ2n) is 4.72. The Morgan fingerprint density at radius 1 is 1.52 bits per heavy atom. The average molecular weight is 350 g/mol. The van der Waals surface area contributed by atoms with E-state index in [0.29, 0.717) is 11.4 Å². The van der Waals surface area contributed by atoms with Crippen molar-refractivity contribution in [3.8, 4) is 0 Å². The van der Waals surface area contributed by atoms with Crippen LogP contribution in [0.2, 0.25) is 5.02 Å². The highest BCUT2D eigenvalue weighted by Gasteiger charge is 2.45. The first kappa shape index (κ1) is 16.6. The van der Waals surface area contributed by atoms with Crippen molar-refractivity contribution in [2.75, 3.05) is 5.75 Å². The van der Waals surface area contributed by atoms with Gasteiger partial charge in [0.1, 0.15) is 6.04 Å². The van der Waals surface area contributed by atoms with Crippen molar-refractivity contribution in [3.63, 3.8) is 0 Å². The number of carboxylic acids is 1. The van der Waals surface area contributed by atoms with Gasteiger partial charge in [-0.1, -0.05) is 31.0 Å². The van der Waals surface area contributed by atoms with E-state index >= 15 is 0 Å². The highest BCUT2D eigenvalue weighted by atomic mass is 35.5. The number of aliphatic carboxylic acids is 1. The fourth-order valence-electron chi connectivity index (χ4n) is 2.26. The summed E-state index contributed by atoms with van der Waals surface area (Å²) in [6.45, 7) is 1.94. The van der Waals surface area contributed by atoms with Gasteiger partial charge in [-0.3, -0.25) is 4.79 Å². The molecule has 2 unspecified atom stereocenters. The highest BCUT2D eigenvalue weighted by molar-refractivity contribution is 8.01. The molecule has 0 bridgehead atoms. The van der Waals surface area contributed by atoms with Crippen LogP contribution in [0.5, 0.6) is 0 Å². The van der Waals surface area contributed by atoms with Gasteiger partial charge in [0, 0.05) is 10.8 Å². The standard InChI is InChI=1S/C13H16ClNO4S2/c1-2-4-12-15(11(8-20-12)13(16)17)21(18,19)10-6-3-5-9(14)7-10/h3,5-7,11-12H,2,4,8H2,1H3,(H,16,17). The third kappa shape index (κ3) is 3.36. The SMILES string of the molecule is CCCC1SCC(C(=O)O)N1S(=O)(=O)c1cccc(Cl)c1. The minimum atomic E-state index is -3.88. The number of hydrogen-bond acceptors (Lipinski definition) is 4. The second kappa shape index (κ2) is 6.56. The molecule has 5 nitrogen and oxygen atoms in total. The Morgan fingerprint density at radius 3 is 2.81 bits per heavy atom. The van der Waals surface area contributed by atoms with Crippen LogP contribution in [-0.4, -0.2) is 41.0 Å². The molecule has 1 aromatic rings. The van der Waals surface area contributed by atoms with E-state index in [1.54, 1.807) is 12.1 Å². The number of carboxylic acid groups (broad SMARTS) is 1. The molecule has 1 N–H and O–H groups in total. The van der Waals surface area contributed by atoms with Crippen molar-refractivity contribution in [1.82, 2.24) is 4.31 Å². The lowest BCUT2D eigenvalue weighted by molar-refractivity contribution is -0.140. The Kier molecular flexibility index (Phi) is 5.19. The lowest BCUT2D eigenvalue weighted by Crippen LogP contribution is -2.45. The van der Waals surface area contributed by atoms with Crippen LogP contribution in [0.1, 0.15) is 19.8 Å². The maximum absolute atomic E-state index is 12.8. The summed E-state index contributed by atoms with van der Waals surface area (Å²) in [6, 6.07) is 4.88. The third-order valence-corrected chi connectivity index (χ3v) is 6.87. The predicted octanol–water partition coefficient (Wildman–Crippen LogP) is 2.66. The topological polar surface area (TPSA) is 74.7 Å². The Morgan fingerprint density at radius 2 is 2.24 bits per heavy atom. The highest BCUT2D eigenvalue weighted by Crippen LogP contribution is 2.37. The zero-order chi connectivity index (χ0) is 15.6. The summed E-state index contributed by atoms with van der Waals surface area (Å²) in [5.74, 6) is -0.855. The Balaban J connectivity index is 2.45. The summed E-state index contributed by atoms with van der Waals surface area (Å²) >= 11 is 7.22. The zero-order valence-corrected chi connectivity index (χ0v) is 13.8. The number of nitrogens with zero attached hydrogens (tertiary/aromatic N) is 1. The van der Waals surface area contributed by atoms with Crippen molar-refractivity contribution < 1.29 is 18.3 Å². The monoisotopic (exact) mass is 349 g/mol. The summed E-state index contributed by atoms with van der Waals surface area (Å²) < 4.78 is 26.7. The van der Waals surface area contributed by atoms with Gasteiger partial charge in [-0.15, -0.1) is 11.8 Å². The molecule has 1 aromatic carbocycles. The molecule has 0 aromatic heterocycles. The maximum atomic E-state index is 12.8. The van der Waals surface area contributed by atoms with Crippen LogP contribution in [-0.2, 0) is 14.8 Å². The van der Waals surface area contributed by atoms with Crippen molar-refractivity contribution in [3.05, 3.63) is 29.3 Å². The van der Waals surface area contributed by atoms with Gasteiger partial charge in [0.05, 0.1) is 10.3 Å². The predicted molar refractivity (Wildman–Crippen MR) is 83.1 cm³/mol. The summed E-state index contributed by atoms with van der Waals surface area (Å²) in [5, 5.41) is 9.25. The van der Waals surface area contributed by atoms with E-state index < -0.39 is 22.0 Å².